The second kappa shape index (κ2) is 5.06. The highest BCUT2D eigenvalue weighted by atomic mass is 16.3. The minimum absolute atomic E-state index is 0.172. The zero-order valence-electron chi connectivity index (χ0n) is 8.94. The lowest BCUT2D eigenvalue weighted by Crippen LogP contribution is -2.15. The smallest absolute Gasteiger partial charge is 0.141 e. The Bertz CT molecular complexity index is 405. The first-order valence-corrected chi connectivity index (χ1v) is 4.61. The van der Waals surface area contributed by atoms with Crippen molar-refractivity contribution in [3.63, 3.8) is 0 Å². The predicted octanol–water partition coefficient (Wildman–Crippen LogP) is 1.93. The Morgan fingerprint density at radius 2 is 2.33 bits per heavy atom. The molecule has 3 heteroatoms. The maximum absolute atomic E-state index is 9.51. The van der Waals surface area contributed by atoms with E-state index >= 15 is 0 Å². The van der Waals surface area contributed by atoms with E-state index in [1.807, 2.05) is 26.1 Å². The Labute approximate surface area is 90.1 Å². The molecule has 0 spiro atoms. The fourth-order valence-corrected chi connectivity index (χ4v) is 1.08. The second-order valence-corrected chi connectivity index (χ2v) is 3.36. The molecule has 0 aliphatic rings. The molecule has 0 fully saturated rings. The Balaban J connectivity index is 2.80. The summed E-state index contributed by atoms with van der Waals surface area (Å²) in [5.41, 5.74) is 1.61. The van der Waals surface area contributed by atoms with Gasteiger partial charge in [-0.2, -0.15) is 0 Å². The van der Waals surface area contributed by atoms with E-state index < -0.39 is 0 Å². The molecule has 0 atom stereocenters. The number of benzene rings is 1. The first kappa shape index (κ1) is 11.1. The molecule has 1 N–H and O–H groups in total. The van der Waals surface area contributed by atoms with Gasteiger partial charge in [-0.05, 0) is 24.6 Å². The molecule has 0 saturated heterocycles. The minimum atomic E-state index is 0.172. The van der Waals surface area contributed by atoms with Crippen molar-refractivity contribution in [3.05, 3.63) is 23.8 Å². The number of hydrogen-bond acceptors (Lipinski definition) is 2. The average molecular weight is 202 g/mol. The van der Waals surface area contributed by atoms with E-state index in [0.717, 1.165) is 5.56 Å². The van der Waals surface area contributed by atoms with Crippen molar-refractivity contribution in [2.24, 2.45) is 4.99 Å². The van der Waals surface area contributed by atoms with Crippen LogP contribution in [0.4, 0.5) is 5.69 Å². The third-order valence-electron chi connectivity index (χ3n) is 1.87. The summed E-state index contributed by atoms with van der Waals surface area (Å²) in [6.07, 6.45) is 6.76. The number of hydrogen-bond donors (Lipinski definition) is 1. The molecule has 0 heterocycles. The first-order chi connectivity index (χ1) is 7.13. The van der Waals surface area contributed by atoms with Crippen molar-refractivity contribution >= 4 is 12.0 Å². The highest BCUT2D eigenvalue weighted by molar-refractivity contribution is 5.65. The lowest BCUT2D eigenvalue weighted by Gasteiger charge is -2.08. The molecule has 0 amide bonds. The van der Waals surface area contributed by atoms with Crippen LogP contribution in [0.25, 0.3) is 0 Å². The van der Waals surface area contributed by atoms with Crippen molar-refractivity contribution in [3.8, 4) is 18.1 Å². The van der Waals surface area contributed by atoms with Crippen molar-refractivity contribution in [2.75, 3.05) is 13.6 Å². The summed E-state index contributed by atoms with van der Waals surface area (Å²) in [6.45, 7) is 2.44. The van der Waals surface area contributed by atoms with Crippen molar-refractivity contribution < 1.29 is 5.11 Å². The molecular formula is C12H14N2O. The van der Waals surface area contributed by atoms with E-state index in [-0.39, 0.29) is 5.75 Å². The highest BCUT2D eigenvalue weighted by Gasteiger charge is 1.98. The Hall–Kier alpha value is -1.95. The SMILES string of the molecule is C#CCN(C)C=Nc1cc(C)ccc1O. The molecule has 0 unspecified atom stereocenters. The maximum atomic E-state index is 9.51. The number of aromatic hydroxyl groups is 1. The van der Waals surface area contributed by atoms with Crippen LogP contribution < -0.4 is 0 Å². The van der Waals surface area contributed by atoms with Gasteiger partial charge in [0.05, 0.1) is 12.9 Å². The van der Waals surface area contributed by atoms with Crippen LogP contribution in [0.1, 0.15) is 5.56 Å². The van der Waals surface area contributed by atoms with Crippen LogP contribution >= 0.6 is 0 Å². The number of rotatable bonds is 3. The summed E-state index contributed by atoms with van der Waals surface area (Å²) < 4.78 is 0. The molecule has 0 bridgehead atoms. The van der Waals surface area contributed by atoms with Crippen molar-refractivity contribution in [2.45, 2.75) is 6.92 Å². The van der Waals surface area contributed by atoms with Crippen LogP contribution in [0.3, 0.4) is 0 Å². The van der Waals surface area contributed by atoms with Crippen LogP contribution in [0, 0.1) is 19.3 Å². The Morgan fingerprint density at radius 3 is 3.00 bits per heavy atom. The molecule has 1 aromatic rings. The van der Waals surface area contributed by atoms with Gasteiger partial charge in [0.15, 0.2) is 0 Å². The third-order valence-corrected chi connectivity index (χ3v) is 1.87. The third kappa shape index (κ3) is 3.35. The van der Waals surface area contributed by atoms with Gasteiger partial charge in [-0.15, -0.1) is 6.42 Å². The average Bonchev–Trinajstić information content (AvgIpc) is 2.20. The zero-order chi connectivity index (χ0) is 11.3. The molecule has 78 valence electrons. The molecule has 0 aliphatic carbocycles. The second-order valence-electron chi connectivity index (χ2n) is 3.36. The summed E-state index contributed by atoms with van der Waals surface area (Å²) in [5, 5.41) is 9.51. The lowest BCUT2D eigenvalue weighted by atomic mass is 10.2. The largest absolute Gasteiger partial charge is 0.506 e. The van der Waals surface area contributed by atoms with Crippen LogP contribution in [0.2, 0.25) is 0 Å². The molecule has 1 rings (SSSR count). The van der Waals surface area contributed by atoms with E-state index in [1.54, 1.807) is 17.3 Å². The van der Waals surface area contributed by atoms with E-state index in [9.17, 15) is 5.11 Å². The minimum Gasteiger partial charge on any atom is -0.506 e. The molecule has 0 aliphatic heterocycles. The van der Waals surface area contributed by atoms with Crippen LogP contribution in [-0.2, 0) is 0 Å². The maximum Gasteiger partial charge on any atom is 0.141 e. The molecule has 1 aromatic carbocycles. The van der Waals surface area contributed by atoms with Gasteiger partial charge in [-0.25, -0.2) is 4.99 Å². The van der Waals surface area contributed by atoms with Gasteiger partial charge < -0.3 is 10.0 Å². The number of phenols is 1. The van der Waals surface area contributed by atoms with Gasteiger partial charge >= 0.3 is 0 Å². The van der Waals surface area contributed by atoms with Gasteiger partial charge in [0.25, 0.3) is 0 Å². The standard InChI is InChI=1S/C12H14N2O/c1-4-7-14(3)9-13-11-8-10(2)5-6-12(11)15/h1,5-6,8-9,15H,7H2,2-3H3. The Morgan fingerprint density at radius 1 is 1.60 bits per heavy atom. The van der Waals surface area contributed by atoms with Crippen LogP contribution in [0.5, 0.6) is 5.75 Å². The topological polar surface area (TPSA) is 35.8 Å². The molecule has 15 heavy (non-hydrogen) atoms. The normalized spacial score (nSPS) is 10.2. The highest BCUT2D eigenvalue weighted by Crippen LogP contribution is 2.26. The number of aryl methyl sites for hydroxylation is 1. The lowest BCUT2D eigenvalue weighted by molar-refractivity contribution is 0.476. The molecule has 0 radical (unpaired) electrons. The van der Waals surface area contributed by atoms with Gasteiger partial charge in [-0.1, -0.05) is 12.0 Å². The number of phenolic OH excluding ortho intramolecular Hbond substituents is 1. The van der Waals surface area contributed by atoms with Gasteiger partial charge in [0.2, 0.25) is 0 Å². The van der Waals surface area contributed by atoms with Crippen molar-refractivity contribution in [1.29, 1.82) is 0 Å². The summed E-state index contributed by atoms with van der Waals surface area (Å²) in [6, 6.07) is 5.28. The molecular weight excluding hydrogens is 188 g/mol. The zero-order valence-corrected chi connectivity index (χ0v) is 8.94. The van der Waals surface area contributed by atoms with Gasteiger partial charge in [0.1, 0.15) is 11.4 Å². The predicted molar refractivity (Wildman–Crippen MR) is 62.5 cm³/mol. The summed E-state index contributed by atoms with van der Waals surface area (Å²) in [7, 11) is 1.83. The van der Waals surface area contributed by atoms with E-state index in [2.05, 4.69) is 10.9 Å². The fourth-order valence-electron chi connectivity index (χ4n) is 1.08. The quantitative estimate of drug-likeness (QED) is 0.462. The first-order valence-electron chi connectivity index (χ1n) is 4.61. The van der Waals surface area contributed by atoms with Gasteiger partial charge in [0, 0.05) is 7.05 Å². The molecule has 0 saturated carbocycles. The fraction of sp³-hybridized carbons (Fsp3) is 0.250. The Kier molecular flexibility index (Phi) is 3.75. The monoisotopic (exact) mass is 202 g/mol. The van der Waals surface area contributed by atoms with Crippen LogP contribution in [0.15, 0.2) is 23.2 Å². The van der Waals surface area contributed by atoms with Gasteiger partial charge in [-0.3, -0.25) is 0 Å². The number of terminal acetylenes is 1. The van der Waals surface area contributed by atoms with E-state index in [0.29, 0.717) is 12.2 Å². The number of aliphatic imine (C=N–C) groups is 1. The van der Waals surface area contributed by atoms with Crippen LogP contribution in [-0.4, -0.2) is 29.9 Å². The number of nitrogens with zero attached hydrogens (tertiary/aromatic N) is 2. The summed E-state index contributed by atoms with van der Waals surface area (Å²) in [5.74, 6) is 2.67. The molecule has 3 nitrogen and oxygen atoms in total. The van der Waals surface area contributed by atoms with E-state index in [1.165, 1.54) is 0 Å². The summed E-state index contributed by atoms with van der Waals surface area (Å²) >= 11 is 0. The van der Waals surface area contributed by atoms with Crippen molar-refractivity contribution in [1.82, 2.24) is 4.90 Å². The summed E-state index contributed by atoms with van der Waals surface area (Å²) in [4.78, 5) is 5.91. The molecule has 0 aromatic heterocycles. The van der Waals surface area contributed by atoms with E-state index in [4.69, 9.17) is 6.42 Å².